The maximum atomic E-state index is 12.7. The first kappa shape index (κ1) is 24.6. The molecule has 10 heteroatoms. The molecule has 1 aliphatic rings. The van der Waals surface area contributed by atoms with Crippen LogP contribution in [0.1, 0.15) is 25.3 Å². The predicted octanol–water partition coefficient (Wildman–Crippen LogP) is -0.285. The third-order valence-electron chi connectivity index (χ3n) is 4.94. The zero-order chi connectivity index (χ0) is 22.5. The average Bonchev–Trinajstić information content (AvgIpc) is 2.75. The minimum atomic E-state index is -1.74. The number of rotatable bonds is 8. The van der Waals surface area contributed by atoms with Crippen molar-refractivity contribution in [1.82, 2.24) is 5.32 Å². The van der Waals surface area contributed by atoms with E-state index in [0.29, 0.717) is 4.90 Å². The van der Waals surface area contributed by atoms with Crippen LogP contribution in [0, 0.1) is 6.92 Å². The molecule has 6 atom stereocenters. The van der Waals surface area contributed by atoms with E-state index in [-0.39, 0.29) is 12.8 Å². The lowest BCUT2D eigenvalue weighted by atomic mass is 9.89. The molecule has 1 aromatic carbocycles. The highest BCUT2D eigenvalue weighted by molar-refractivity contribution is 8.01. The number of nitrogens with one attached hydrogen (secondary N) is 1. The van der Waals surface area contributed by atoms with Crippen molar-refractivity contribution in [2.75, 3.05) is 13.7 Å². The number of aliphatic hydroxyl groups excluding tert-OH is 4. The van der Waals surface area contributed by atoms with Gasteiger partial charge in [0.15, 0.2) is 0 Å². The molecule has 1 aromatic rings. The molecule has 1 heterocycles. The monoisotopic (exact) mass is 443 g/mol. The molecule has 1 fully saturated rings. The van der Waals surface area contributed by atoms with Gasteiger partial charge in [-0.25, -0.2) is 4.79 Å². The summed E-state index contributed by atoms with van der Waals surface area (Å²) in [5.41, 5.74) is 1.01. The second-order valence-corrected chi connectivity index (χ2v) is 8.54. The number of hydrogen-bond acceptors (Lipinski definition) is 9. The minimum absolute atomic E-state index is 0.120. The zero-order valence-electron chi connectivity index (χ0n) is 17.1. The summed E-state index contributed by atoms with van der Waals surface area (Å²) in [6, 6.07) is 6.14. The highest BCUT2D eigenvalue weighted by atomic mass is 32.2. The van der Waals surface area contributed by atoms with Crippen molar-refractivity contribution < 1.29 is 39.5 Å². The quantitative estimate of drug-likeness (QED) is 0.342. The highest BCUT2D eigenvalue weighted by Crippen LogP contribution is 2.44. The second kappa shape index (κ2) is 10.6. The summed E-state index contributed by atoms with van der Waals surface area (Å²) in [5.74, 6) is -1.20. The molecule has 0 radical (unpaired) electrons. The number of esters is 1. The number of ether oxygens (including phenoxy) is 2. The van der Waals surface area contributed by atoms with Crippen molar-refractivity contribution in [2.24, 2.45) is 0 Å². The lowest BCUT2D eigenvalue weighted by Gasteiger charge is -2.47. The number of amides is 1. The van der Waals surface area contributed by atoms with Crippen molar-refractivity contribution >= 4 is 23.6 Å². The molecule has 0 aliphatic carbocycles. The molecule has 1 saturated heterocycles. The smallest absolute Gasteiger partial charge is 0.349 e. The minimum Gasteiger partial charge on any atom is -0.466 e. The van der Waals surface area contributed by atoms with Crippen LogP contribution in [0.2, 0.25) is 0 Å². The molecule has 5 N–H and O–H groups in total. The maximum absolute atomic E-state index is 12.7. The number of methoxy groups -OCH3 is 1. The second-order valence-electron chi connectivity index (χ2n) is 7.20. The fraction of sp³-hybridized carbons (Fsp3) is 0.600. The van der Waals surface area contributed by atoms with Crippen molar-refractivity contribution in [1.29, 1.82) is 0 Å². The Hall–Kier alpha value is -1.69. The van der Waals surface area contributed by atoms with Gasteiger partial charge in [-0.3, -0.25) is 4.79 Å². The first-order valence-corrected chi connectivity index (χ1v) is 10.5. The highest BCUT2D eigenvalue weighted by Gasteiger charge is 2.55. The molecule has 0 unspecified atom stereocenters. The van der Waals surface area contributed by atoms with E-state index in [0.717, 1.165) is 17.3 Å². The third-order valence-corrected chi connectivity index (χ3v) is 6.21. The number of aliphatic hydroxyl groups is 4. The van der Waals surface area contributed by atoms with Gasteiger partial charge in [0.05, 0.1) is 25.9 Å². The van der Waals surface area contributed by atoms with E-state index in [1.807, 2.05) is 19.1 Å². The van der Waals surface area contributed by atoms with Gasteiger partial charge in [-0.05, 0) is 19.1 Å². The Morgan fingerprint density at radius 3 is 2.50 bits per heavy atom. The molecule has 0 bridgehead atoms. The van der Waals surface area contributed by atoms with Gasteiger partial charge in [-0.1, -0.05) is 36.4 Å². The Labute approximate surface area is 179 Å². The van der Waals surface area contributed by atoms with Crippen molar-refractivity contribution in [3.05, 3.63) is 29.8 Å². The maximum Gasteiger partial charge on any atom is 0.349 e. The fourth-order valence-electron chi connectivity index (χ4n) is 3.23. The Morgan fingerprint density at radius 1 is 1.33 bits per heavy atom. The van der Waals surface area contributed by atoms with Crippen LogP contribution in [0.25, 0.3) is 0 Å². The van der Waals surface area contributed by atoms with Crippen LogP contribution in [0.5, 0.6) is 0 Å². The number of thioether (sulfide) groups is 1. The van der Waals surface area contributed by atoms with E-state index in [9.17, 15) is 30.0 Å². The summed E-state index contributed by atoms with van der Waals surface area (Å²) < 4.78 is 10.9. The molecule has 30 heavy (non-hydrogen) atoms. The van der Waals surface area contributed by atoms with Gasteiger partial charge in [0.2, 0.25) is 10.8 Å². The summed E-state index contributed by atoms with van der Waals surface area (Å²) in [6.07, 6.45) is -6.09. The summed E-state index contributed by atoms with van der Waals surface area (Å²) >= 11 is 1.000. The predicted molar refractivity (Wildman–Crippen MR) is 109 cm³/mol. The molecular weight excluding hydrogens is 414 g/mol. The van der Waals surface area contributed by atoms with Crippen LogP contribution in [-0.2, 0) is 19.1 Å². The fourth-order valence-corrected chi connectivity index (χ4v) is 4.46. The standard InChI is InChI=1S/C20H29NO8S/c1-4-15(25)21-16-13(23)9-20(19(27)28-3,29-18(16)17(26)14(24)10-22)30-12-7-5-11(2)6-8-12/h5-8,13-14,16-18,22-24,26H,4,9-10H2,1-3H3,(H,21,25)/t13-,14+,16+,17+,18+,20+/m0/s1. The molecule has 0 spiro atoms. The van der Waals surface area contributed by atoms with Crippen LogP contribution in [-0.4, -0.2) is 81.4 Å². The molecule has 0 aromatic heterocycles. The van der Waals surface area contributed by atoms with E-state index in [1.165, 1.54) is 7.11 Å². The molecule has 0 saturated carbocycles. The SMILES string of the molecule is CCC(=O)N[C@H]1[C@H]([C@H](O)[C@H](O)CO)O[C@](Sc2ccc(C)cc2)(C(=O)OC)C[C@@H]1O. The van der Waals surface area contributed by atoms with Gasteiger partial charge in [0, 0.05) is 17.7 Å². The van der Waals surface area contributed by atoms with Crippen LogP contribution >= 0.6 is 11.8 Å². The van der Waals surface area contributed by atoms with Crippen LogP contribution in [0.3, 0.4) is 0 Å². The normalized spacial score (nSPS) is 28.4. The molecule has 1 amide bonds. The van der Waals surface area contributed by atoms with Gasteiger partial charge in [0.25, 0.3) is 0 Å². The number of carbonyl (C=O) groups is 2. The van der Waals surface area contributed by atoms with E-state index in [1.54, 1.807) is 19.1 Å². The van der Waals surface area contributed by atoms with E-state index >= 15 is 0 Å². The number of carbonyl (C=O) groups excluding carboxylic acids is 2. The number of benzene rings is 1. The first-order valence-electron chi connectivity index (χ1n) is 9.63. The van der Waals surface area contributed by atoms with Gasteiger partial charge in [-0.2, -0.15) is 0 Å². The molecule has 1 aliphatic heterocycles. The van der Waals surface area contributed by atoms with Crippen molar-refractivity contribution in [2.45, 2.75) is 67.0 Å². The van der Waals surface area contributed by atoms with Gasteiger partial charge in [0.1, 0.15) is 18.3 Å². The van der Waals surface area contributed by atoms with Crippen LogP contribution in [0.15, 0.2) is 29.2 Å². The van der Waals surface area contributed by atoms with E-state index in [2.05, 4.69) is 5.32 Å². The number of hydrogen-bond donors (Lipinski definition) is 5. The molecule has 168 valence electrons. The van der Waals surface area contributed by atoms with Crippen LogP contribution in [0.4, 0.5) is 0 Å². The third kappa shape index (κ3) is 5.51. The van der Waals surface area contributed by atoms with Crippen molar-refractivity contribution in [3.8, 4) is 0 Å². The summed E-state index contributed by atoms with van der Waals surface area (Å²) in [7, 11) is 1.18. The summed E-state index contributed by atoms with van der Waals surface area (Å²) in [6.45, 7) is 2.75. The lowest BCUT2D eigenvalue weighted by molar-refractivity contribution is -0.207. The Balaban J connectivity index is 2.44. The Morgan fingerprint density at radius 2 is 1.97 bits per heavy atom. The van der Waals surface area contributed by atoms with Gasteiger partial charge in [-0.15, -0.1) is 0 Å². The van der Waals surface area contributed by atoms with E-state index < -0.39 is 53.9 Å². The van der Waals surface area contributed by atoms with Crippen LogP contribution < -0.4 is 5.32 Å². The van der Waals surface area contributed by atoms with E-state index in [4.69, 9.17) is 9.47 Å². The average molecular weight is 444 g/mol. The zero-order valence-corrected chi connectivity index (χ0v) is 18.0. The summed E-state index contributed by atoms with van der Waals surface area (Å²) in [5, 5.41) is 43.1. The molecule has 2 rings (SSSR count). The number of aryl methyl sites for hydroxylation is 1. The lowest BCUT2D eigenvalue weighted by Crippen LogP contribution is -2.66. The summed E-state index contributed by atoms with van der Waals surface area (Å²) in [4.78, 5) is 23.6. The molecule has 9 nitrogen and oxygen atoms in total. The first-order chi connectivity index (χ1) is 14.2. The molecular formula is C20H29NO8S. The van der Waals surface area contributed by atoms with Crippen molar-refractivity contribution in [3.63, 3.8) is 0 Å². The Bertz CT molecular complexity index is 730. The van der Waals surface area contributed by atoms with Gasteiger partial charge < -0.3 is 35.2 Å². The Kier molecular flexibility index (Phi) is 8.65. The topological polar surface area (TPSA) is 146 Å². The largest absolute Gasteiger partial charge is 0.466 e. The van der Waals surface area contributed by atoms with Gasteiger partial charge >= 0.3 is 5.97 Å².